The summed E-state index contributed by atoms with van der Waals surface area (Å²) in [4.78, 5) is 23.8. The van der Waals surface area contributed by atoms with Crippen molar-refractivity contribution in [1.82, 2.24) is 4.98 Å². The van der Waals surface area contributed by atoms with E-state index in [-0.39, 0.29) is 16.8 Å². The van der Waals surface area contributed by atoms with E-state index in [0.29, 0.717) is 29.8 Å². The molecule has 1 aliphatic carbocycles. The molecule has 4 rings (SSSR count). The number of halogens is 1. The largest absolute Gasteiger partial charge is 0.505 e. The Labute approximate surface area is 160 Å². The number of pyridine rings is 1. The van der Waals surface area contributed by atoms with Crippen LogP contribution in [-0.2, 0) is 4.79 Å². The highest BCUT2D eigenvalue weighted by molar-refractivity contribution is 7.81. The van der Waals surface area contributed by atoms with Gasteiger partial charge in [0.05, 0.1) is 5.69 Å². The first-order valence-electron chi connectivity index (χ1n) is 8.40. The fourth-order valence-corrected chi connectivity index (χ4v) is 4.10. The lowest BCUT2D eigenvalue weighted by molar-refractivity contribution is -0.123. The number of phenolic OH excluding ortho intramolecular Hbond substituents is 1. The van der Waals surface area contributed by atoms with Crippen LogP contribution in [-0.4, -0.2) is 26.6 Å². The molecule has 8 heteroatoms. The maximum Gasteiger partial charge on any atom is 0.272 e. The van der Waals surface area contributed by atoms with Gasteiger partial charge in [-0.3, -0.25) is 9.69 Å². The summed E-state index contributed by atoms with van der Waals surface area (Å²) < 4.78 is 13.9. The number of hydrogen-bond acceptors (Lipinski definition) is 4. The Morgan fingerprint density at radius 3 is 2.63 bits per heavy atom. The Morgan fingerprint density at radius 2 is 2.07 bits per heavy atom. The van der Waals surface area contributed by atoms with Crippen LogP contribution in [0.5, 0.6) is 5.75 Å². The predicted molar refractivity (Wildman–Crippen MR) is 102 cm³/mol. The van der Waals surface area contributed by atoms with E-state index in [1.54, 1.807) is 24.0 Å². The van der Waals surface area contributed by atoms with Gasteiger partial charge in [-0.25, -0.2) is 4.39 Å². The minimum Gasteiger partial charge on any atom is -0.505 e. The number of phenols is 1. The third-order valence-corrected chi connectivity index (χ3v) is 5.55. The van der Waals surface area contributed by atoms with E-state index >= 15 is 0 Å². The number of aromatic nitrogens is 1. The Morgan fingerprint density at radius 1 is 1.33 bits per heavy atom. The molecule has 1 N–H and O–H groups in total. The van der Waals surface area contributed by atoms with Crippen LogP contribution in [0, 0.1) is 19.3 Å². The van der Waals surface area contributed by atoms with Crippen molar-refractivity contribution < 1.29 is 14.3 Å². The fraction of sp³-hybridized carbons (Fsp3) is 0.263. The van der Waals surface area contributed by atoms with E-state index in [9.17, 15) is 14.3 Å². The molecule has 1 aromatic heterocycles. The quantitative estimate of drug-likeness (QED) is 0.632. The summed E-state index contributed by atoms with van der Waals surface area (Å²) in [6, 6.07) is 5.69. The van der Waals surface area contributed by atoms with Gasteiger partial charge in [0.2, 0.25) is 0 Å². The molecule has 2 aromatic rings. The molecule has 1 saturated heterocycles. The molecule has 1 saturated carbocycles. The summed E-state index contributed by atoms with van der Waals surface area (Å²) in [7, 11) is 0. The third-order valence-electron chi connectivity index (χ3n) is 5.18. The van der Waals surface area contributed by atoms with Crippen molar-refractivity contribution in [3.63, 3.8) is 0 Å². The van der Waals surface area contributed by atoms with Crippen molar-refractivity contribution in [3.05, 3.63) is 53.3 Å². The molecule has 0 unspecified atom stereocenters. The summed E-state index contributed by atoms with van der Waals surface area (Å²) in [5.74, 6) is -1.13. The number of hydrogen-bond donors (Lipinski definition) is 1. The van der Waals surface area contributed by atoms with Gasteiger partial charge in [0.1, 0.15) is 11.7 Å². The molecule has 1 amide bonds. The van der Waals surface area contributed by atoms with Crippen molar-refractivity contribution in [2.45, 2.75) is 31.7 Å². The number of anilines is 2. The molecule has 0 atom stereocenters. The zero-order chi connectivity index (χ0) is 19.3. The van der Waals surface area contributed by atoms with Crippen LogP contribution in [0.15, 0.2) is 30.5 Å². The molecule has 2 heterocycles. The summed E-state index contributed by atoms with van der Waals surface area (Å²) in [6.07, 6.45) is 3.54. The van der Waals surface area contributed by atoms with Crippen LogP contribution in [0.3, 0.4) is 0 Å². The summed E-state index contributed by atoms with van der Waals surface area (Å²) in [5.41, 5.74) is 0.721. The van der Waals surface area contributed by atoms with E-state index in [1.807, 2.05) is 0 Å². The van der Waals surface area contributed by atoms with Gasteiger partial charge in [-0.05, 0) is 62.2 Å². The lowest BCUT2D eigenvalue weighted by atomic mass is 9.75. The zero-order valence-electron chi connectivity index (χ0n) is 14.4. The second kappa shape index (κ2) is 5.99. The molecule has 6 nitrogen and oxygen atoms in total. The van der Waals surface area contributed by atoms with Crippen molar-refractivity contribution in [3.8, 4) is 5.75 Å². The van der Waals surface area contributed by atoms with Crippen LogP contribution in [0.2, 0.25) is 0 Å². The minimum absolute atomic E-state index is 0.177. The molecule has 136 valence electrons. The number of benzene rings is 1. The molecule has 1 aromatic carbocycles. The number of aromatic hydroxyl groups is 1. The van der Waals surface area contributed by atoms with E-state index in [0.717, 1.165) is 6.42 Å². The smallest absolute Gasteiger partial charge is 0.272 e. The molecule has 2 aliphatic rings. The SMILES string of the molecule is [C-]#[N+]c1ncc(N2C(=O)C3(CCC3)N(c3ccc(O)c(F)c3)C2=S)cc1C. The molecule has 0 bridgehead atoms. The normalized spacial score (nSPS) is 18.0. The minimum atomic E-state index is -0.840. The number of carbonyl (C=O) groups excluding carboxylic acids is 1. The molecule has 1 aliphatic heterocycles. The van der Waals surface area contributed by atoms with Gasteiger partial charge in [-0.1, -0.05) is 6.57 Å². The van der Waals surface area contributed by atoms with Gasteiger partial charge < -0.3 is 14.9 Å². The molecular weight excluding hydrogens is 367 g/mol. The number of amides is 1. The van der Waals surface area contributed by atoms with Gasteiger partial charge in [0.15, 0.2) is 16.7 Å². The van der Waals surface area contributed by atoms with Crippen LogP contribution < -0.4 is 9.80 Å². The monoisotopic (exact) mass is 382 g/mol. The lowest BCUT2D eigenvalue weighted by Gasteiger charge is -2.43. The standard InChI is InChI=1S/C19H15FN4O2S/c1-11-8-13(10-22-16(11)21-2)23-17(26)19(6-3-7-19)24(18(23)27)12-4-5-15(25)14(20)9-12/h4-5,8-10,25H,3,6-7H2,1H3. The number of carbonyl (C=O) groups is 1. The first-order valence-corrected chi connectivity index (χ1v) is 8.81. The molecular formula is C19H15FN4O2S. The van der Waals surface area contributed by atoms with Crippen molar-refractivity contribution in [2.75, 3.05) is 9.80 Å². The predicted octanol–water partition coefficient (Wildman–Crippen LogP) is 3.85. The fourth-order valence-electron chi connectivity index (χ4n) is 3.64. The maximum absolute atomic E-state index is 13.9. The van der Waals surface area contributed by atoms with Crippen LogP contribution in [0.4, 0.5) is 21.6 Å². The summed E-state index contributed by atoms with van der Waals surface area (Å²) >= 11 is 5.59. The highest BCUT2D eigenvalue weighted by Gasteiger charge is 2.59. The number of nitrogens with zero attached hydrogens (tertiary/aromatic N) is 4. The van der Waals surface area contributed by atoms with Gasteiger partial charge in [-0.2, -0.15) is 0 Å². The van der Waals surface area contributed by atoms with Crippen LogP contribution >= 0.6 is 12.2 Å². The Hall–Kier alpha value is -3.05. The van der Waals surface area contributed by atoms with E-state index < -0.39 is 17.1 Å². The van der Waals surface area contributed by atoms with Crippen LogP contribution in [0.1, 0.15) is 24.8 Å². The Balaban J connectivity index is 1.81. The molecule has 27 heavy (non-hydrogen) atoms. The molecule has 1 spiro atoms. The first-order chi connectivity index (χ1) is 12.9. The highest BCUT2D eigenvalue weighted by atomic mass is 32.1. The zero-order valence-corrected chi connectivity index (χ0v) is 15.3. The van der Waals surface area contributed by atoms with Crippen molar-refractivity contribution in [1.29, 1.82) is 0 Å². The molecule has 2 fully saturated rings. The van der Waals surface area contributed by atoms with Gasteiger partial charge in [0.25, 0.3) is 11.7 Å². The second-order valence-electron chi connectivity index (χ2n) is 6.73. The van der Waals surface area contributed by atoms with E-state index in [4.69, 9.17) is 18.8 Å². The van der Waals surface area contributed by atoms with E-state index in [1.165, 1.54) is 23.2 Å². The number of thiocarbonyl (C=S) groups is 1. The topological polar surface area (TPSA) is 61.0 Å². The average molecular weight is 382 g/mol. The maximum atomic E-state index is 13.9. The second-order valence-corrected chi connectivity index (χ2v) is 7.09. The van der Waals surface area contributed by atoms with Gasteiger partial charge in [0, 0.05) is 11.8 Å². The Kier molecular flexibility index (Phi) is 3.86. The highest BCUT2D eigenvalue weighted by Crippen LogP contribution is 2.48. The molecule has 0 radical (unpaired) electrons. The van der Waals surface area contributed by atoms with Gasteiger partial charge in [-0.15, -0.1) is 4.98 Å². The Bertz CT molecular complexity index is 1030. The van der Waals surface area contributed by atoms with Crippen molar-refractivity contribution in [2.24, 2.45) is 0 Å². The summed E-state index contributed by atoms with van der Waals surface area (Å²) in [6.45, 7) is 8.87. The number of aryl methyl sites for hydroxylation is 1. The average Bonchev–Trinajstić information content (AvgIpc) is 2.84. The van der Waals surface area contributed by atoms with Crippen LogP contribution in [0.25, 0.3) is 4.85 Å². The van der Waals surface area contributed by atoms with Gasteiger partial charge >= 0.3 is 0 Å². The van der Waals surface area contributed by atoms with Crippen molar-refractivity contribution >= 4 is 40.4 Å². The lowest BCUT2D eigenvalue weighted by Crippen LogP contribution is -2.55. The summed E-state index contributed by atoms with van der Waals surface area (Å²) in [5, 5.41) is 9.72. The first kappa shape index (κ1) is 17.4. The third kappa shape index (κ3) is 2.39. The number of rotatable bonds is 2. The van der Waals surface area contributed by atoms with E-state index in [2.05, 4.69) is 9.83 Å².